The molecule has 0 saturated carbocycles. The molecule has 0 amide bonds. The van der Waals surface area contributed by atoms with Crippen LogP contribution in [0.5, 0.6) is 0 Å². The number of nitrogens with zero attached hydrogens (tertiary/aromatic N) is 1. The SMILES string of the molecule is CC/C=C\C/C=C\C/C=C\C/C=C\C/C=C\CCCCCCCCCCCCCCCCCC(=O)OC(COC(=O)CCCCCCCCCC/C=C\C/C=C\C/C=C\C/C=C\CC)COC(OCC[N+](C)(C)C)C(=O)O. The van der Waals surface area contributed by atoms with E-state index >= 15 is 0 Å². The number of esters is 2. The number of ether oxygens (including phenoxy) is 4. The molecular formula is C68H116NO8+. The number of likely N-dealkylation sites (N-methyl/N-ethyl adjacent to an activating group) is 1. The molecule has 2 atom stereocenters. The van der Waals surface area contributed by atoms with Gasteiger partial charge in [0.1, 0.15) is 13.2 Å². The van der Waals surface area contributed by atoms with Crippen LogP contribution in [0.3, 0.4) is 0 Å². The predicted molar refractivity (Wildman–Crippen MR) is 327 cm³/mol. The van der Waals surface area contributed by atoms with Gasteiger partial charge in [0.15, 0.2) is 6.10 Å². The van der Waals surface area contributed by atoms with Crippen LogP contribution in [-0.4, -0.2) is 87.4 Å². The number of carbonyl (C=O) groups excluding carboxylic acids is 2. The highest BCUT2D eigenvalue weighted by Gasteiger charge is 2.25. The number of aliphatic carboxylic acids is 1. The first kappa shape index (κ1) is 73.0. The Balaban J connectivity index is 4.19. The lowest BCUT2D eigenvalue weighted by atomic mass is 10.0. The minimum atomic E-state index is -1.52. The standard InChI is InChI=1S/C68H115NO8/c1-6-8-10-12-14-16-18-20-22-24-26-28-29-30-31-32-33-34-35-36-37-39-41-43-45-47-49-51-53-55-57-59-66(71)77-64(63-76-68(67(72)73)74-61-60-69(3,4)5)62-75-65(70)58-56-54-52-50-48-46-44-42-40-38-27-25-23-21-19-17-15-13-11-9-7-2/h8-11,14-17,20-23,26-28,30-31,38,64,68H,6-7,12-13,18-19,24-25,29,32-37,39-63H2,1-5H3/p+1/b10-8-,11-9-,16-14-,17-15-,22-20-,23-21-,28-26-,31-30-,38-27-. The van der Waals surface area contributed by atoms with E-state index in [9.17, 15) is 19.5 Å². The smallest absolute Gasteiger partial charge is 0.361 e. The zero-order valence-corrected chi connectivity index (χ0v) is 50.1. The third-order valence-corrected chi connectivity index (χ3v) is 13.0. The second-order valence-electron chi connectivity index (χ2n) is 21.6. The second kappa shape index (κ2) is 58.1. The Morgan fingerprint density at radius 3 is 1.04 bits per heavy atom. The van der Waals surface area contributed by atoms with Crippen molar-refractivity contribution in [2.24, 2.45) is 0 Å². The lowest BCUT2D eigenvalue weighted by molar-refractivity contribution is -0.870. The predicted octanol–water partition coefficient (Wildman–Crippen LogP) is 18.7. The van der Waals surface area contributed by atoms with Gasteiger partial charge < -0.3 is 28.5 Å². The molecule has 0 aliphatic carbocycles. The summed E-state index contributed by atoms with van der Waals surface area (Å²) in [6.07, 6.45) is 77.4. The number of carboxylic acid groups (broad SMARTS) is 1. The monoisotopic (exact) mass is 1070 g/mol. The molecule has 0 saturated heterocycles. The zero-order valence-electron chi connectivity index (χ0n) is 50.1. The fraction of sp³-hybridized carbons (Fsp3) is 0.691. The molecular weight excluding hydrogens is 959 g/mol. The highest BCUT2D eigenvalue weighted by molar-refractivity contribution is 5.71. The van der Waals surface area contributed by atoms with Crippen molar-refractivity contribution in [2.45, 2.75) is 257 Å². The molecule has 0 radical (unpaired) electrons. The van der Waals surface area contributed by atoms with Crippen molar-refractivity contribution in [2.75, 3.05) is 47.5 Å². The quantitative estimate of drug-likeness (QED) is 0.0211. The molecule has 0 fully saturated rings. The van der Waals surface area contributed by atoms with Crippen LogP contribution < -0.4 is 0 Å². The van der Waals surface area contributed by atoms with Gasteiger partial charge in [0, 0.05) is 12.8 Å². The van der Waals surface area contributed by atoms with Gasteiger partial charge in [-0.15, -0.1) is 0 Å². The molecule has 77 heavy (non-hydrogen) atoms. The summed E-state index contributed by atoms with van der Waals surface area (Å²) in [4.78, 5) is 37.5. The van der Waals surface area contributed by atoms with Crippen molar-refractivity contribution in [1.29, 1.82) is 0 Å². The second-order valence-corrected chi connectivity index (χ2v) is 21.6. The van der Waals surface area contributed by atoms with Gasteiger partial charge in [0.2, 0.25) is 0 Å². The van der Waals surface area contributed by atoms with Gasteiger partial charge in [-0.2, -0.15) is 0 Å². The van der Waals surface area contributed by atoms with Crippen molar-refractivity contribution in [3.63, 3.8) is 0 Å². The summed E-state index contributed by atoms with van der Waals surface area (Å²) in [6, 6.07) is 0. The number of rotatable bonds is 56. The fourth-order valence-corrected chi connectivity index (χ4v) is 8.33. The average molecular weight is 1080 g/mol. The molecule has 2 unspecified atom stereocenters. The van der Waals surface area contributed by atoms with Crippen molar-refractivity contribution >= 4 is 17.9 Å². The zero-order chi connectivity index (χ0) is 56.2. The molecule has 0 aromatic heterocycles. The molecule has 0 aromatic rings. The minimum absolute atomic E-state index is 0.182. The fourth-order valence-electron chi connectivity index (χ4n) is 8.33. The Morgan fingerprint density at radius 1 is 0.390 bits per heavy atom. The van der Waals surface area contributed by atoms with Crippen LogP contribution in [0.1, 0.15) is 245 Å². The summed E-state index contributed by atoms with van der Waals surface area (Å²) in [7, 11) is 5.96. The Hall–Kier alpha value is -4.05. The van der Waals surface area contributed by atoms with Gasteiger partial charge in [-0.1, -0.05) is 245 Å². The molecule has 9 heteroatoms. The Kier molecular flexibility index (Phi) is 55.1. The topological polar surface area (TPSA) is 108 Å². The van der Waals surface area contributed by atoms with Gasteiger partial charge in [-0.3, -0.25) is 9.59 Å². The summed E-state index contributed by atoms with van der Waals surface area (Å²) in [5.41, 5.74) is 0. The molecule has 0 aromatic carbocycles. The van der Waals surface area contributed by atoms with Crippen molar-refractivity contribution in [3.05, 3.63) is 109 Å². The number of unbranched alkanes of at least 4 members (excludes halogenated alkanes) is 23. The van der Waals surface area contributed by atoms with Crippen LogP contribution in [0.25, 0.3) is 0 Å². The maximum atomic E-state index is 12.9. The van der Waals surface area contributed by atoms with E-state index in [1.165, 1.54) is 109 Å². The highest BCUT2D eigenvalue weighted by atomic mass is 16.7. The van der Waals surface area contributed by atoms with Gasteiger partial charge in [0.05, 0.1) is 34.4 Å². The number of carboxylic acids is 1. The van der Waals surface area contributed by atoms with Gasteiger partial charge >= 0.3 is 17.9 Å². The lowest BCUT2D eigenvalue weighted by Crippen LogP contribution is -2.40. The third-order valence-electron chi connectivity index (χ3n) is 13.0. The molecule has 9 nitrogen and oxygen atoms in total. The maximum absolute atomic E-state index is 12.9. The van der Waals surface area contributed by atoms with E-state index in [-0.39, 0.29) is 38.6 Å². The maximum Gasteiger partial charge on any atom is 0.361 e. The van der Waals surface area contributed by atoms with E-state index < -0.39 is 24.3 Å². The van der Waals surface area contributed by atoms with Crippen LogP contribution in [0.15, 0.2) is 109 Å². The van der Waals surface area contributed by atoms with E-state index in [0.29, 0.717) is 17.4 Å². The van der Waals surface area contributed by atoms with E-state index in [2.05, 4.69) is 123 Å². The number of hydrogen-bond donors (Lipinski definition) is 1. The molecule has 440 valence electrons. The summed E-state index contributed by atoms with van der Waals surface area (Å²) in [5.74, 6) is -2.02. The minimum Gasteiger partial charge on any atom is -0.477 e. The Bertz CT molecular complexity index is 1630. The van der Waals surface area contributed by atoms with Crippen molar-refractivity contribution < 1.29 is 42.9 Å². The molecule has 0 aliphatic heterocycles. The summed E-state index contributed by atoms with van der Waals surface area (Å²) < 4.78 is 22.9. The Labute approximate surface area is 473 Å². The van der Waals surface area contributed by atoms with Crippen LogP contribution in [0.4, 0.5) is 0 Å². The van der Waals surface area contributed by atoms with E-state index in [1.54, 1.807) is 0 Å². The van der Waals surface area contributed by atoms with E-state index in [0.717, 1.165) is 103 Å². The molecule has 0 heterocycles. The van der Waals surface area contributed by atoms with Crippen molar-refractivity contribution in [3.8, 4) is 0 Å². The largest absolute Gasteiger partial charge is 0.477 e. The van der Waals surface area contributed by atoms with Crippen molar-refractivity contribution in [1.82, 2.24) is 0 Å². The molecule has 0 spiro atoms. The molecule has 1 N–H and O–H groups in total. The molecule has 0 aliphatic rings. The number of hydrogen-bond acceptors (Lipinski definition) is 7. The highest BCUT2D eigenvalue weighted by Crippen LogP contribution is 2.16. The summed E-state index contributed by atoms with van der Waals surface area (Å²) in [6.45, 7) is 4.65. The van der Waals surface area contributed by atoms with Gasteiger partial charge in [0.25, 0.3) is 6.29 Å². The van der Waals surface area contributed by atoms with Crippen LogP contribution >= 0.6 is 0 Å². The normalized spacial score (nSPS) is 13.5. The van der Waals surface area contributed by atoms with E-state index in [4.69, 9.17) is 18.9 Å². The third kappa shape index (κ3) is 59.5. The number of quaternary nitrogens is 1. The van der Waals surface area contributed by atoms with Gasteiger partial charge in [-0.25, -0.2) is 4.79 Å². The number of carbonyl (C=O) groups is 3. The van der Waals surface area contributed by atoms with Crippen LogP contribution in [0, 0.1) is 0 Å². The first-order valence-electron chi connectivity index (χ1n) is 31.1. The first-order valence-corrected chi connectivity index (χ1v) is 31.1. The summed E-state index contributed by atoms with van der Waals surface area (Å²) in [5, 5.41) is 9.72. The molecule has 0 rings (SSSR count). The summed E-state index contributed by atoms with van der Waals surface area (Å²) >= 11 is 0. The van der Waals surface area contributed by atoms with Crippen LogP contribution in [-0.2, 0) is 33.3 Å². The van der Waals surface area contributed by atoms with Gasteiger partial charge in [-0.05, 0) is 96.3 Å². The average Bonchev–Trinajstić information content (AvgIpc) is 3.40. The lowest BCUT2D eigenvalue weighted by Gasteiger charge is -2.25. The molecule has 0 bridgehead atoms. The number of allylic oxidation sites excluding steroid dienone is 18. The van der Waals surface area contributed by atoms with E-state index in [1.807, 2.05) is 21.1 Å². The van der Waals surface area contributed by atoms with Crippen LogP contribution in [0.2, 0.25) is 0 Å². The first-order chi connectivity index (χ1) is 37.6. The Morgan fingerprint density at radius 2 is 0.701 bits per heavy atom.